The molecule has 3 atom stereocenters. The monoisotopic (exact) mass is 797 g/mol. The molecule has 0 saturated carbocycles. The van der Waals surface area contributed by atoms with E-state index in [9.17, 15) is 22.4 Å². The number of benzene rings is 3. The zero-order valence-electron chi connectivity index (χ0n) is 31.1. The Morgan fingerprint density at radius 1 is 0.965 bits per heavy atom. The number of nitrogens with zero attached hydrogens (tertiary/aromatic N) is 5. The number of halogens is 4. The van der Waals surface area contributed by atoms with Crippen LogP contribution in [-0.2, 0) is 23.6 Å². The van der Waals surface area contributed by atoms with Crippen molar-refractivity contribution in [3.05, 3.63) is 131 Å². The molecule has 0 spiro atoms. The first-order chi connectivity index (χ1) is 27.5. The van der Waals surface area contributed by atoms with Crippen molar-refractivity contribution in [2.45, 2.75) is 54.8 Å². The van der Waals surface area contributed by atoms with Crippen molar-refractivity contribution in [3.63, 3.8) is 0 Å². The maximum atomic E-state index is 14.7. The topological polar surface area (TPSA) is 119 Å². The normalized spacial score (nSPS) is 17.5. The van der Waals surface area contributed by atoms with E-state index in [1.54, 1.807) is 22.5 Å². The van der Waals surface area contributed by atoms with Crippen LogP contribution in [0.3, 0.4) is 0 Å². The zero-order chi connectivity index (χ0) is 39.7. The predicted octanol–water partition coefficient (Wildman–Crippen LogP) is 9.06. The average molecular weight is 798 g/mol. The standard InChI is InChI=1S/C42H39F4N7O3S/c1-41(23-57-28-9-5-3-6-10-28,35-21-31-30(50-35)15-16-34(51-31)42(44,45)46)56-18-8-4-7-17-55-27-13-11-25(12-14-27)38-37(40-48-24-49-53(40)2)39-36-29(33(54)22-47-39)19-26(43)20-32(36)52-38/h3,5-6,9-16,19-21,24,37-38,50,52H,4,7-8,17-18,22-23H2,1-2H3/t37-,38-,41?/m1/s1. The highest BCUT2D eigenvalue weighted by atomic mass is 32.2. The number of pyridine rings is 1. The zero-order valence-corrected chi connectivity index (χ0v) is 32.0. The second-order valence-corrected chi connectivity index (χ2v) is 15.4. The van der Waals surface area contributed by atoms with Crippen LogP contribution in [0.25, 0.3) is 11.0 Å². The van der Waals surface area contributed by atoms with Crippen molar-refractivity contribution in [1.29, 1.82) is 0 Å². The Kier molecular flexibility index (Phi) is 10.6. The Balaban J connectivity index is 0.889. The lowest BCUT2D eigenvalue weighted by atomic mass is 9.78. The first kappa shape index (κ1) is 38.3. The average Bonchev–Trinajstić information content (AvgIpc) is 3.84. The number of aromatic nitrogens is 5. The molecule has 15 heteroatoms. The number of ketones is 1. The van der Waals surface area contributed by atoms with Crippen LogP contribution in [0.1, 0.15) is 76.8 Å². The van der Waals surface area contributed by atoms with E-state index < -0.39 is 23.3 Å². The predicted molar refractivity (Wildman–Crippen MR) is 210 cm³/mol. The fraction of sp³-hybridized carbons (Fsp3) is 0.310. The number of anilines is 1. The molecular formula is C42H39F4N7O3S. The Morgan fingerprint density at radius 3 is 2.51 bits per heavy atom. The summed E-state index contributed by atoms with van der Waals surface area (Å²) < 4.78 is 69.1. The number of carbonyl (C=O) groups excluding carboxylic acids is 1. The van der Waals surface area contributed by atoms with E-state index in [0.717, 1.165) is 35.8 Å². The van der Waals surface area contributed by atoms with Gasteiger partial charge in [0.15, 0.2) is 5.78 Å². The van der Waals surface area contributed by atoms with E-state index in [-0.39, 0.29) is 29.8 Å². The van der Waals surface area contributed by atoms with Crippen molar-refractivity contribution in [2.24, 2.45) is 12.0 Å². The summed E-state index contributed by atoms with van der Waals surface area (Å²) in [6.45, 7) is 2.81. The summed E-state index contributed by atoms with van der Waals surface area (Å²) >= 11 is 1.61. The SMILES string of the molecule is Cn1ncnc1[C@H]1C2=NCC(=O)c3cc(F)cc(c32)N[C@@H]1c1ccc(OCCCCCOC(C)(CSc2ccccc2)c2cc3nc(C(F)(F)F)ccc3[nH]2)cc1. The molecule has 0 bridgehead atoms. The van der Waals surface area contributed by atoms with Crippen molar-refractivity contribution < 1.29 is 31.8 Å². The maximum absolute atomic E-state index is 14.7. The number of H-pyrrole nitrogens is 1. The van der Waals surface area contributed by atoms with Gasteiger partial charge < -0.3 is 19.8 Å². The maximum Gasteiger partial charge on any atom is 0.433 e. The van der Waals surface area contributed by atoms with Crippen LogP contribution in [0.5, 0.6) is 5.75 Å². The molecule has 0 saturated heterocycles. The van der Waals surface area contributed by atoms with Gasteiger partial charge in [-0.15, -0.1) is 11.8 Å². The molecule has 0 aliphatic carbocycles. The second kappa shape index (κ2) is 15.8. The fourth-order valence-electron chi connectivity index (χ4n) is 7.36. The minimum Gasteiger partial charge on any atom is -0.494 e. The van der Waals surface area contributed by atoms with Gasteiger partial charge in [-0.25, -0.2) is 14.4 Å². The third-order valence-corrected chi connectivity index (χ3v) is 11.6. The molecule has 8 rings (SSSR count). The van der Waals surface area contributed by atoms with Gasteiger partial charge in [-0.1, -0.05) is 30.3 Å². The highest BCUT2D eigenvalue weighted by molar-refractivity contribution is 7.99. The molecule has 3 aromatic carbocycles. The summed E-state index contributed by atoms with van der Waals surface area (Å²) in [6, 6.07) is 23.9. The van der Waals surface area contributed by atoms with Crippen LogP contribution >= 0.6 is 11.8 Å². The molecule has 57 heavy (non-hydrogen) atoms. The number of carbonyl (C=O) groups is 1. The van der Waals surface area contributed by atoms with Gasteiger partial charge in [-0.05, 0) is 86.3 Å². The molecule has 10 nitrogen and oxygen atoms in total. The smallest absolute Gasteiger partial charge is 0.433 e. The minimum absolute atomic E-state index is 0.0608. The first-order valence-corrected chi connectivity index (χ1v) is 19.6. The lowest BCUT2D eigenvalue weighted by Gasteiger charge is -2.37. The van der Waals surface area contributed by atoms with Gasteiger partial charge >= 0.3 is 6.18 Å². The summed E-state index contributed by atoms with van der Waals surface area (Å²) in [5.74, 6) is 0.786. The Morgan fingerprint density at radius 2 is 1.75 bits per heavy atom. The van der Waals surface area contributed by atoms with E-state index >= 15 is 0 Å². The van der Waals surface area contributed by atoms with Crippen LogP contribution in [0.2, 0.25) is 0 Å². The van der Waals surface area contributed by atoms with Gasteiger partial charge in [0.1, 0.15) is 41.6 Å². The van der Waals surface area contributed by atoms with Gasteiger partial charge in [0.2, 0.25) is 0 Å². The summed E-state index contributed by atoms with van der Waals surface area (Å²) in [5, 5.41) is 7.75. The molecule has 2 aliphatic rings. The number of unbranched alkanes of at least 4 members (excludes halogenated alkanes) is 2. The van der Waals surface area contributed by atoms with E-state index in [1.165, 1.54) is 24.5 Å². The molecule has 2 aliphatic heterocycles. The highest BCUT2D eigenvalue weighted by Gasteiger charge is 2.42. The summed E-state index contributed by atoms with van der Waals surface area (Å²) in [5.41, 5.74) is 2.67. The number of nitrogens with one attached hydrogen (secondary N) is 2. The van der Waals surface area contributed by atoms with Crippen LogP contribution in [0, 0.1) is 5.82 Å². The summed E-state index contributed by atoms with van der Waals surface area (Å²) in [4.78, 5) is 30.1. The number of Topliss-reactive ketones (excluding diaryl/α,β-unsaturated/α-hetero) is 1. The van der Waals surface area contributed by atoms with Crippen molar-refractivity contribution in [1.82, 2.24) is 24.7 Å². The summed E-state index contributed by atoms with van der Waals surface area (Å²) in [7, 11) is 1.81. The highest BCUT2D eigenvalue weighted by Crippen LogP contribution is 2.45. The number of thioether (sulfide) groups is 1. The molecular weight excluding hydrogens is 759 g/mol. The third-order valence-electron chi connectivity index (χ3n) is 10.3. The number of hydrogen-bond acceptors (Lipinski definition) is 9. The number of hydrogen-bond donors (Lipinski definition) is 2. The van der Waals surface area contributed by atoms with Gasteiger partial charge in [0.25, 0.3) is 0 Å². The van der Waals surface area contributed by atoms with Crippen molar-refractivity contribution >= 4 is 40.0 Å². The molecule has 0 fully saturated rings. The number of rotatable bonds is 14. The quantitative estimate of drug-likeness (QED) is 0.0637. The van der Waals surface area contributed by atoms with Crippen LogP contribution in [0.15, 0.2) is 101 Å². The Hall–Kier alpha value is -5.54. The number of alkyl halides is 3. The van der Waals surface area contributed by atoms with E-state index in [2.05, 4.69) is 30.4 Å². The van der Waals surface area contributed by atoms with Gasteiger partial charge in [0, 0.05) is 41.1 Å². The molecule has 0 radical (unpaired) electrons. The number of aliphatic imine (C=N–C) groups is 1. The van der Waals surface area contributed by atoms with Crippen molar-refractivity contribution in [2.75, 3.05) is 30.8 Å². The molecule has 294 valence electrons. The van der Waals surface area contributed by atoms with E-state index in [4.69, 9.17) is 9.47 Å². The van der Waals surface area contributed by atoms with Gasteiger partial charge in [0.05, 0.1) is 41.0 Å². The molecule has 5 heterocycles. The lowest BCUT2D eigenvalue weighted by molar-refractivity contribution is -0.140. The third kappa shape index (κ3) is 8.03. The van der Waals surface area contributed by atoms with Gasteiger partial charge in [-0.3, -0.25) is 14.5 Å². The lowest BCUT2D eigenvalue weighted by Crippen LogP contribution is -2.37. The van der Waals surface area contributed by atoms with Gasteiger partial charge in [-0.2, -0.15) is 18.3 Å². The largest absolute Gasteiger partial charge is 0.494 e. The number of fused-ring (bicyclic) bond motifs is 1. The molecule has 1 unspecified atom stereocenters. The number of aryl methyl sites for hydroxylation is 1. The molecule has 2 N–H and O–H groups in total. The minimum atomic E-state index is -4.53. The number of aromatic amines is 1. The number of ether oxygens (including phenoxy) is 2. The Labute approximate surface area is 330 Å². The van der Waals surface area contributed by atoms with Crippen molar-refractivity contribution in [3.8, 4) is 5.75 Å². The van der Waals surface area contributed by atoms with Crippen LogP contribution in [0.4, 0.5) is 23.2 Å². The van der Waals surface area contributed by atoms with Crippen LogP contribution < -0.4 is 10.1 Å². The van der Waals surface area contributed by atoms with Crippen LogP contribution in [-0.4, -0.2) is 61.7 Å². The Bertz CT molecular complexity index is 2430. The molecule has 0 amide bonds. The van der Waals surface area contributed by atoms with E-state index in [1.807, 2.05) is 68.6 Å². The second-order valence-electron chi connectivity index (χ2n) is 14.3. The summed E-state index contributed by atoms with van der Waals surface area (Å²) in [6.07, 6.45) is -0.696. The fourth-order valence-corrected chi connectivity index (χ4v) is 8.39. The first-order valence-electron chi connectivity index (χ1n) is 18.6. The molecule has 6 aromatic rings. The molecule has 3 aromatic heterocycles. The van der Waals surface area contributed by atoms with E-state index in [0.29, 0.717) is 64.3 Å².